The van der Waals surface area contributed by atoms with Gasteiger partial charge in [0.05, 0.1) is 0 Å². The Hall–Kier alpha value is -2.12. The summed E-state index contributed by atoms with van der Waals surface area (Å²) in [7, 11) is 0. The van der Waals surface area contributed by atoms with E-state index in [1.165, 1.54) is 12.8 Å². The van der Waals surface area contributed by atoms with E-state index in [2.05, 4.69) is 22.0 Å². The molecule has 0 unspecified atom stereocenters. The molecule has 1 aromatic carbocycles. The highest BCUT2D eigenvalue weighted by Crippen LogP contribution is 2.30. The minimum atomic E-state index is -0.0790. The fourth-order valence-electron chi connectivity index (χ4n) is 5.94. The number of hydrogen-bond donors (Lipinski definition) is 1. The van der Waals surface area contributed by atoms with Crippen LogP contribution in [-0.4, -0.2) is 71.2 Å². The monoisotopic (exact) mass is 502 g/mol. The Morgan fingerprint density at radius 3 is 2.54 bits per heavy atom. The minimum absolute atomic E-state index is 0.0612. The van der Waals surface area contributed by atoms with Gasteiger partial charge in [0.2, 0.25) is 17.7 Å². The van der Waals surface area contributed by atoms with Crippen molar-refractivity contribution in [1.29, 1.82) is 0 Å². The van der Waals surface area contributed by atoms with Gasteiger partial charge in [-0.05, 0) is 62.8 Å². The second-order valence-corrected chi connectivity index (χ2v) is 11.0. The van der Waals surface area contributed by atoms with Crippen molar-refractivity contribution in [3.05, 3.63) is 28.3 Å². The van der Waals surface area contributed by atoms with Gasteiger partial charge >= 0.3 is 0 Å². The second-order valence-electron chi connectivity index (χ2n) is 10.6. The molecule has 8 heteroatoms. The van der Waals surface area contributed by atoms with Crippen molar-refractivity contribution in [2.24, 2.45) is 11.8 Å². The van der Waals surface area contributed by atoms with E-state index in [1.54, 1.807) is 6.07 Å². The van der Waals surface area contributed by atoms with Crippen LogP contribution in [0.4, 0.5) is 5.69 Å². The molecule has 1 aliphatic carbocycles. The highest BCUT2D eigenvalue weighted by molar-refractivity contribution is 6.31. The predicted molar refractivity (Wildman–Crippen MR) is 138 cm³/mol. The average molecular weight is 503 g/mol. The van der Waals surface area contributed by atoms with Gasteiger partial charge in [0.25, 0.3) is 0 Å². The van der Waals surface area contributed by atoms with Crippen LogP contribution in [0.25, 0.3) is 0 Å². The number of amides is 3. The first-order valence-corrected chi connectivity index (χ1v) is 13.5. The molecule has 2 saturated heterocycles. The Morgan fingerprint density at radius 1 is 1.14 bits per heavy atom. The molecular formula is C27H39ClN4O3. The summed E-state index contributed by atoms with van der Waals surface area (Å²) >= 11 is 6.44. The summed E-state index contributed by atoms with van der Waals surface area (Å²) in [5.41, 5.74) is 2.83. The Morgan fingerprint density at radius 2 is 1.89 bits per heavy atom. The number of halogens is 1. The molecule has 2 aliphatic heterocycles. The molecule has 35 heavy (non-hydrogen) atoms. The van der Waals surface area contributed by atoms with E-state index in [-0.39, 0.29) is 29.7 Å². The van der Waals surface area contributed by atoms with Gasteiger partial charge in [-0.1, -0.05) is 24.4 Å². The van der Waals surface area contributed by atoms with Crippen LogP contribution < -0.4 is 5.32 Å². The Bertz CT molecular complexity index is 962. The van der Waals surface area contributed by atoms with Crippen molar-refractivity contribution >= 4 is 35.0 Å². The molecule has 0 bridgehead atoms. The van der Waals surface area contributed by atoms with Crippen molar-refractivity contribution in [2.75, 3.05) is 38.0 Å². The number of benzene rings is 1. The molecule has 0 spiro atoms. The molecule has 7 nitrogen and oxygen atoms in total. The van der Waals surface area contributed by atoms with Crippen LogP contribution in [-0.2, 0) is 20.9 Å². The summed E-state index contributed by atoms with van der Waals surface area (Å²) in [5.74, 6) is 0.670. The molecule has 2 atom stereocenters. The lowest BCUT2D eigenvalue weighted by Crippen LogP contribution is -2.54. The van der Waals surface area contributed by atoms with E-state index in [0.29, 0.717) is 36.9 Å². The van der Waals surface area contributed by atoms with E-state index in [0.717, 1.165) is 55.8 Å². The molecule has 0 aromatic heterocycles. The van der Waals surface area contributed by atoms with Gasteiger partial charge in [0.15, 0.2) is 0 Å². The number of carbonyl (C=O) groups is 3. The lowest BCUT2D eigenvalue weighted by atomic mass is 10.0. The Kier molecular flexibility index (Phi) is 8.38. The van der Waals surface area contributed by atoms with Gasteiger partial charge in [-0.2, -0.15) is 0 Å². The molecule has 1 saturated carbocycles. The van der Waals surface area contributed by atoms with Gasteiger partial charge in [-0.25, -0.2) is 0 Å². The van der Waals surface area contributed by atoms with Crippen LogP contribution >= 0.6 is 11.6 Å². The van der Waals surface area contributed by atoms with Crippen LogP contribution in [0, 0.1) is 18.8 Å². The number of nitrogens with one attached hydrogen (secondary N) is 1. The zero-order valence-electron chi connectivity index (χ0n) is 21.3. The van der Waals surface area contributed by atoms with E-state index >= 15 is 0 Å². The van der Waals surface area contributed by atoms with Gasteiger partial charge in [-0.3, -0.25) is 19.3 Å². The van der Waals surface area contributed by atoms with Crippen molar-refractivity contribution in [3.63, 3.8) is 0 Å². The first kappa shape index (κ1) is 26.0. The van der Waals surface area contributed by atoms with Gasteiger partial charge < -0.3 is 15.1 Å². The quantitative estimate of drug-likeness (QED) is 0.610. The number of rotatable bonds is 7. The van der Waals surface area contributed by atoms with Gasteiger partial charge in [0.1, 0.15) is 0 Å². The molecule has 3 amide bonds. The maximum Gasteiger partial charge on any atom is 0.226 e. The maximum atomic E-state index is 12.9. The standard InChI is InChI=1S/C27H39ClN4O3/c1-4-31-16-20(12-26(31)34)11-25(33)29-24-14-23(28)13-22(19(24)3)17-30-9-10-32(18(2)15-30)27(35)21-7-5-6-8-21/h13-14,18,20-21H,4-12,15-17H2,1-3H3,(H,29,33)/t18-,20+/m0/s1. The summed E-state index contributed by atoms with van der Waals surface area (Å²) in [6.07, 6.45) is 5.19. The van der Waals surface area contributed by atoms with Gasteiger partial charge in [0, 0.05) is 74.8 Å². The summed E-state index contributed by atoms with van der Waals surface area (Å²) in [4.78, 5) is 43.9. The number of hydrogen-bond acceptors (Lipinski definition) is 4. The molecule has 1 aromatic rings. The Labute approximate surface area is 214 Å². The first-order chi connectivity index (χ1) is 16.7. The molecule has 0 radical (unpaired) electrons. The molecular weight excluding hydrogens is 464 g/mol. The van der Waals surface area contributed by atoms with Crippen LogP contribution in [0.15, 0.2) is 12.1 Å². The lowest BCUT2D eigenvalue weighted by Gasteiger charge is -2.41. The summed E-state index contributed by atoms with van der Waals surface area (Å²) in [6, 6.07) is 3.96. The third-order valence-electron chi connectivity index (χ3n) is 8.00. The van der Waals surface area contributed by atoms with Crippen LogP contribution in [0.2, 0.25) is 5.02 Å². The van der Waals surface area contributed by atoms with Crippen molar-refractivity contribution < 1.29 is 14.4 Å². The summed E-state index contributed by atoms with van der Waals surface area (Å²) in [5, 5.41) is 3.64. The lowest BCUT2D eigenvalue weighted by molar-refractivity contribution is -0.140. The first-order valence-electron chi connectivity index (χ1n) is 13.1. The smallest absolute Gasteiger partial charge is 0.226 e. The second kappa shape index (κ2) is 11.3. The van der Waals surface area contributed by atoms with E-state index in [1.807, 2.05) is 24.8 Å². The zero-order chi connectivity index (χ0) is 25.1. The average Bonchev–Trinajstić information content (AvgIpc) is 3.46. The highest BCUT2D eigenvalue weighted by atomic mass is 35.5. The molecule has 1 N–H and O–H groups in total. The number of nitrogens with zero attached hydrogens (tertiary/aromatic N) is 3. The van der Waals surface area contributed by atoms with E-state index in [4.69, 9.17) is 11.6 Å². The topological polar surface area (TPSA) is 73.0 Å². The molecule has 4 rings (SSSR count). The number of piperazine rings is 1. The number of carbonyl (C=O) groups excluding carboxylic acids is 3. The molecule has 192 valence electrons. The maximum absolute atomic E-state index is 12.9. The fraction of sp³-hybridized carbons (Fsp3) is 0.667. The number of likely N-dealkylation sites (tertiary alicyclic amines) is 1. The minimum Gasteiger partial charge on any atom is -0.343 e. The molecule has 2 heterocycles. The van der Waals surface area contributed by atoms with Crippen molar-refractivity contribution in [3.8, 4) is 0 Å². The SMILES string of the molecule is CCN1C[C@H](CC(=O)Nc2cc(Cl)cc(CN3CCN(C(=O)C4CCCC4)[C@@H](C)C3)c2C)CC1=O. The number of anilines is 1. The van der Waals surface area contributed by atoms with Crippen LogP contribution in [0.3, 0.4) is 0 Å². The van der Waals surface area contributed by atoms with Gasteiger partial charge in [-0.15, -0.1) is 0 Å². The molecule has 3 fully saturated rings. The van der Waals surface area contributed by atoms with E-state index < -0.39 is 0 Å². The third-order valence-corrected chi connectivity index (χ3v) is 8.22. The third kappa shape index (κ3) is 6.18. The van der Waals surface area contributed by atoms with Crippen molar-refractivity contribution in [1.82, 2.24) is 14.7 Å². The zero-order valence-corrected chi connectivity index (χ0v) is 22.1. The van der Waals surface area contributed by atoms with Crippen molar-refractivity contribution in [2.45, 2.75) is 71.9 Å². The summed E-state index contributed by atoms with van der Waals surface area (Å²) in [6.45, 7) is 10.6. The fourth-order valence-corrected chi connectivity index (χ4v) is 6.18. The van der Waals surface area contributed by atoms with Crippen LogP contribution in [0.1, 0.15) is 63.5 Å². The predicted octanol–water partition coefficient (Wildman–Crippen LogP) is 4.07. The normalized spacial score (nSPS) is 23.8. The van der Waals surface area contributed by atoms with Crippen LogP contribution in [0.5, 0.6) is 0 Å². The summed E-state index contributed by atoms with van der Waals surface area (Å²) < 4.78 is 0. The highest BCUT2D eigenvalue weighted by Gasteiger charge is 2.33. The van der Waals surface area contributed by atoms with E-state index in [9.17, 15) is 14.4 Å². The molecule has 3 aliphatic rings. The Balaban J connectivity index is 1.35. The largest absolute Gasteiger partial charge is 0.343 e.